The number of aliphatic carboxylic acids is 1. The van der Waals surface area contributed by atoms with E-state index in [1.165, 1.54) is 5.56 Å². The van der Waals surface area contributed by atoms with Gasteiger partial charge in [-0.05, 0) is 73.1 Å². The second-order valence-electron chi connectivity index (χ2n) is 8.57. The highest BCUT2D eigenvalue weighted by Crippen LogP contribution is 2.34. The Balaban J connectivity index is 1.37. The number of imidazole rings is 1. The topological polar surface area (TPSA) is 73.5 Å². The number of nitrogens with zero attached hydrogens (tertiary/aromatic N) is 2. The number of para-hydroxylation sites is 3. The molecular formula is C27H26N2O4. The van der Waals surface area contributed by atoms with Gasteiger partial charge in [0.1, 0.15) is 5.75 Å². The molecule has 6 heteroatoms. The van der Waals surface area contributed by atoms with Gasteiger partial charge >= 0.3 is 11.7 Å². The van der Waals surface area contributed by atoms with Crippen molar-refractivity contribution in [3.8, 4) is 11.4 Å². The van der Waals surface area contributed by atoms with Crippen molar-refractivity contribution in [2.45, 2.75) is 32.2 Å². The Hall–Kier alpha value is -3.80. The third-order valence-electron chi connectivity index (χ3n) is 6.50. The number of aryl methyl sites for hydroxylation is 1. The van der Waals surface area contributed by atoms with Crippen LogP contribution in [0.1, 0.15) is 24.0 Å². The van der Waals surface area contributed by atoms with Crippen molar-refractivity contribution >= 4 is 17.0 Å². The van der Waals surface area contributed by atoms with Gasteiger partial charge in [0, 0.05) is 6.54 Å². The molecule has 1 aliphatic carbocycles. The molecule has 1 aliphatic rings. The zero-order valence-electron chi connectivity index (χ0n) is 18.3. The fourth-order valence-electron chi connectivity index (χ4n) is 4.93. The van der Waals surface area contributed by atoms with Gasteiger partial charge in [0.25, 0.3) is 0 Å². The number of hydrogen-bond acceptors (Lipinski definition) is 3. The van der Waals surface area contributed by atoms with Crippen molar-refractivity contribution in [3.05, 3.63) is 94.4 Å². The van der Waals surface area contributed by atoms with Gasteiger partial charge in [-0.3, -0.25) is 9.13 Å². The van der Waals surface area contributed by atoms with Crippen LogP contribution < -0.4 is 10.4 Å². The van der Waals surface area contributed by atoms with E-state index in [0.29, 0.717) is 18.2 Å². The van der Waals surface area contributed by atoms with E-state index in [0.717, 1.165) is 48.0 Å². The maximum Gasteiger partial charge on any atom is 0.341 e. The zero-order valence-corrected chi connectivity index (χ0v) is 18.3. The van der Waals surface area contributed by atoms with Gasteiger partial charge in [0.05, 0.1) is 16.7 Å². The molecule has 0 amide bonds. The molecule has 1 aromatic heterocycles. The number of aromatic nitrogens is 2. The summed E-state index contributed by atoms with van der Waals surface area (Å²) in [7, 11) is 0. The first-order valence-corrected chi connectivity index (χ1v) is 11.3. The maximum atomic E-state index is 13.4. The van der Waals surface area contributed by atoms with Gasteiger partial charge < -0.3 is 9.84 Å². The largest absolute Gasteiger partial charge is 0.482 e. The van der Waals surface area contributed by atoms with Crippen LogP contribution >= 0.6 is 0 Å². The van der Waals surface area contributed by atoms with Crippen LogP contribution in [0.5, 0.6) is 5.75 Å². The fourth-order valence-corrected chi connectivity index (χ4v) is 4.93. The van der Waals surface area contributed by atoms with Gasteiger partial charge in [-0.25, -0.2) is 9.59 Å². The van der Waals surface area contributed by atoms with E-state index in [1.54, 1.807) is 4.57 Å². The first-order chi connectivity index (χ1) is 16.1. The Kier molecular flexibility index (Phi) is 5.73. The second-order valence-corrected chi connectivity index (χ2v) is 8.57. The zero-order chi connectivity index (χ0) is 22.8. The smallest absolute Gasteiger partial charge is 0.341 e. The summed E-state index contributed by atoms with van der Waals surface area (Å²) in [6.07, 6.45) is 3.66. The molecule has 0 fully saturated rings. The quantitative estimate of drug-likeness (QED) is 0.459. The van der Waals surface area contributed by atoms with E-state index >= 15 is 0 Å². The van der Waals surface area contributed by atoms with Crippen LogP contribution in [0.3, 0.4) is 0 Å². The van der Waals surface area contributed by atoms with E-state index in [9.17, 15) is 9.59 Å². The summed E-state index contributed by atoms with van der Waals surface area (Å²) in [6.45, 7) is 0.336. The van der Waals surface area contributed by atoms with E-state index in [2.05, 4.69) is 6.07 Å². The molecule has 0 bridgehead atoms. The van der Waals surface area contributed by atoms with Crippen molar-refractivity contribution < 1.29 is 14.6 Å². The monoisotopic (exact) mass is 442 g/mol. The normalized spacial score (nSPS) is 15.3. The molecule has 4 aromatic rings. The molecular weight excluding hydrogens is 416 g/mol. The predicted octanol–water partition coefficient (Wildman–Crippen LogP) is 4.45. The van der Waals surface area contributed by atoms with Crippen LogP contribution in [0.25, 0.3) is 16.7 Å². The predicted molar refractivity (Wildman–Crippen MR) is 127 cm³/mol. The summed E-state index contributed by atoms with van der Waals surface area (Å²) in [6, 6.07) is 23.6. The summed E-state index contributed by atoms with van der Waals surface area (Å²) >= 11 is 0. The third-order valence-corrected chi connectivity index (χ3v) is 6.50. The molecule has 5 rings (SSSR count). The van der Waals surface area contributed by atoms with E-state index in [-0.39, 0.29) is 12.3 Å². The van der Waals surface area contributed by atoms with Gasteiger partial charge in [-0.15, -0.1) is 0 Å². The summed E-state index contributed by atoms with van der Waals surface area (Å²) < 4.78 is 9.17. The molecule has 0 saturated carbocycles. The minimum atomic E-state index is -0.971. The number of carboxylic acids is 1. The lowest BCUT2D eigenvalue weighted by molar-refractivity contribution is -0.139. The molecule has 1 N–H and O–H groups in total. The van der Waals surface area contributed by atoms with Crippen molar-refractivity contribution in [3.63, 3.8) is 0 Å². The van der Waals surface area contributed by atoms with Crippen LogP contribution in [0.15, 0.2) is 77.6 Å². The lowest BCUT2D eigenvalue weighted by Crippen LogP contribution is -2.25. The number of ether oxygens (including phenoxy) is 1. The Morgan fingerprint density at radius 3 is 2.52 bits per heavy atom. The minimum absolute atomic E-state index is 0.0111. The lowest BCUT2D eigenvalue weighted by atomic mass is 9.82. The molecule has 0 radical (unpaired) electrons. The molecule has 6 nitrogen and oxygen atoms in total. The number of fused-ring (bicyclic) bond motifs is 2. The number of hydrogen-bond donors (Lipinski definition) is 1. The van der Waals surface area contributed by atoms with Gasteiger partial charge in [-0.2, -0.15) is 0 Å². The summed E-state index contributed by atoms with van der Waals surface area (Å²) in [5.41, 5.74) is 5.07. The highest BCUT2D eigenvalue weighted by atomic mass is 16.5. The Labute approximate surface area is 191 Å². The molecule has 33 heavy (non-hydrogen) atoms. The second kappa shape index (κ2) is 8.98. The van der Waals surface area contributed by atoms with Gasteiger partial charge in [-0.1, -0.05) is 42.5 Å². The highest BCUT2D eigenvalue weighted by Gasteiger charge is 2.23. The average Bonchev–Trinajstić information content (AvgIpc) is 3.12. The van der Waals surface area contributed by atoms with Crippen molar-refractivity contribution in [1.29, 1.82) is 0 Å². The number of carbonyl (C=O) groups is 1. The molecule has 1 heterocycles. The third kappa shape index (κ3) is 4.16. The highest BCUT2D eigenvalue weighted by molar-refractivity contribution is 5.78. The van der Waals surface area contributed by atoms with Crippen molar-refractivity contribution in [1.82, 2.24) is 9.13 Å². The molecule has 1 atom stereocenters. The van der Waals surface area contributed by atoms with Crippen molar-refractivity contribution in [2.75, 3.05) is 6.61 Å². The van der Waals surface area contributed by atoms with E-state index in [1.807, 2.05) is 71.3 Å². The van der Waals surface area contributed by atoms with Gasteiger partial charge in [0.2, 0.25) is 0 Å². The number of rotatable bonds is 7. The molecule has 3 aromatic carbocycles. The molecule has 1 unspecified atom stereocenters. The van der Waals surface area contributed by atoms with Gasteiger partial charge in [0.15, 0.2) is 6.61 Å². The van der Waals surface area contributed by atoms with Crippen LogP contribution in [-0.2, 0) is 24.2 Å². The average molecular weight is 443 g/mol. The molecule has 0 spiro atoms. The van der Waals surface area contributed by atoms with Crippen LogP contribution in [-0.4, -0.2) is 26.8 Å². The molecule has 168 valence electrons. The van der Waals surface area contributed by atoms with Crippen LogP contribution in [0.2, 0.25) is 0 Å². The number of benzene rings is 3. The fraction of sp³-hybridized carbons (Fsp3) is 0.259. The van der Waals surface area contributed by atoms with E-state index in [4.69, 9.17) is 9.84 Å². The van der Waals surface area contributed by atoms with Crippen molar-refractivity contribution in [2.24, 2.45) is 5.92 Å². The first kappa shape index (κ1) is 21.1. The standard InChI is InChI=1S/C27H26N2O4/c30-26(31)18-33-25-12-6-7-20-17-19(13-14-22(20)25)15-16-28-23-10-4-5-11-24(23)29(27(28)32)21-8-2-1-3-9-21/h1-12,19H,13-18H2,(H,30,31). The summed E-state index contributed by atoms with van der Waals surface area (Å²) in [5, 5.41) is 8.92. The van der Waals surface area contributed by atoms with E-state index < -0.39 is 5.97 Å². The Morgan fingerprint density at radius 2 is 1.73 bits per heavy atom. The number of carboxylic acid groups (broad SMARTS) is 1. The Bertz CT molecular complexity index is 1350. The molecule has 0 aliphatic heterocycles. The minimum Gasteiger partial charge on any atom is -0.482 e. The maximum absolute atomic E-state index is 13.4. The molecule has 0 saturated heterocycles. The van der Waals surface area contributed by atoms with Crippen LogP contribution in [0, 0.1) is 5.92 Å². The van der Waals surface area contributed by atoms with Crippen LogP contribution in [0.4, 0.5) is 0 Å². The SMILES string of the molecule is O=C(O)COc1cccc2c1CCC(CCn1c(=O)n(-c3ccccc3)c3ccccc31)C2. The lowest BCUT2D eigenvalue weighted by Gasteiger charge is -2.26. The summed E-state index contributed by atoms with van der Waals surface area (Å²) in [5.74, 6) is 0.162. The Morgan fingerprint density at radius 1 is 0.970 bits per heavy atom. The first-order valence-electron chi connectivity index (χ1n) is 11.3. The summed E-state index contributed by atoms with van der Waals surface area (Å²) in [4.78, 5) is 24.3.